The molecule has 0 saturated heterocycles. The molecule has 204 valence electrons. The van der Waals surface area contributed by atoms with Gasteiger partial charge >= 0.3 is 8.25 Å². The third kappa shape index (κ3) is 30.3. The van der Waals surface area contributed by atoms with Gasteiger partial charge in [-0.05, 0) is 24.3 Å². The molecular formula is C27H58NO4PS+2. The number of hydrogen-bond donors (Lipinski definition) is 0. The largest absolute Gasteiger partial charge is 0.728 e. The van der Waals surface area contributed by atoms with Crippen molar-refractivity contribution in [1.29, 1.82) is 0 Å². The van der Waals surface area contributed by atoms with Crippen molar-refractivity contribution in [3.63, 3.8) is 0 Å². The van der Waals surface area contributed by atoms with E-state index in [9.17, 15) is 4.57 Å². The van der Waals surface area contributed by atoms with Gasteiger partial charge in [0.1, 0.15) is 6.61 Å². The normalized spacial score (nSPS) is 12.4. The summed E-state index contributed by atoms with van der Waals surface area (Å²) in [7, 11) is 4.23. The first-order valence-electron chi connectivity index (χ1n) is 14.2. The van der Waals surface area contributed by atoms with Crippen molar-refractivity contribution in [3.05, 3.63) is 0 Å². The number of thioether (sulfide) groups is 1. The maximum absolute atomic E-state index is 11.6. The van der Waals surface area contributed by atoms with Crippen molar-refractivity contribution in [1.82, 2.24) is 0 Å². The predicted octanol–water partition coefficient (Wildman–Crippen LogP) is 9.09. The lowest BCUT2D eigenvalue weighted by atomic mass is 10.0. The van der Waals surface area contributed by atoms with Crippen LogP contribution in [0.1, 0.15) is 122 Å². The molecular weight excluding hydrogens is 465 g/mol. The zero-order valence-electron chi connectivity index (χ0n) is 23.2. The number of nitrogens with zero attached hydrogens (tertiary/aromatic N) is 1. The fourth-order valence-electron chi connectivity index (χ4n) is 3.85. The minimum Gasteiger partial charge on any atom is -0.331 e. The molecule has 0 aliphatic carbocycles. The molecule has 1 unspecified atom stereocenters. The average Bonchev–Trinajstić information content (AvgIpc) is 2.79. The molecule has 0 spiro atoms. The van der Waals surface area contributed by atoms with Crippen LogP contribution in [0, 0.1) is 0 Å². The molecule has 0 rings (SSSR count). The summed E-state index contributed by atoms with van der Waals surface area (Å²) in [5.74, 6) is 2.27. The Kier molecular flexibility index (Phi) is 26.6. The summed E-state index contributed by atoms with van der Waals surface area (Å²) in [4.78, 5) is 4.96. The Morgan fingerprint density at radius 1 is 0.618 bits per heavy atom. The van der Waals surface area contributed by atoms with E-state index < -0.39 is 8.25 Å². The molecule has 0 aliphatic heterocycles. The Morgan fingerprint density at radius 3 is 1.59 bits per heavy atom. The summed E-state index contributed by atoms with van der Waals surface area (Å²) >= 11 is 1.97. The predicted molar refractivity (Wildman–Crippen MR) is 150 cm³/mol. The molecule has 34 heavy (non-hydrogen) atoms. The van der Waals surface area contributed by atoms with Crippen molar-refractivity contribution in [2.24, 2.45) is 0 Å². The zero-order valence-corrected chi connectivity index (χ0v) is 24.9. The van der Waals surface area contributed by atoms with E-state index in [1.807, 2.05) is 11.8 Å². The highest BCUT2D eigenvalue weighted by molar-refractivity contribution is 7.99. The Bertz CT molecular complexity index is 435. The summed E-state index contributed by atoms with van der Waals surface area (Å²) in [5.41, 5.74) is 0. The quantitative estimate of drug-likeness (QED) is 0.0336. The highest BCUT2D eigenvalue weighted by atomic mass is 32.2. The first kappa shape index (κ1) is 34.3. The molecule has 7 heteroatoms. The van der Waals surface area contributed by atoms with E-state index in [0.29, 0.717) is 13.2 Å². The van der Waals surface area contributed by atoms with E-state index in [0.717, 1.165) is 29.6 Å². The highest BCUT2D eigenvalue weighted by Gasteiger charge is 2.21. The Hall–Kier alpha value is 0.290. The van der Waals surface area contributed by atoms with Gasteiger partial charge in [-0.25, -0.2) is 0 Å². The first-order chi connectivity index (χ1) is 16.5. The van der Waals surface area contributed by atoms with E-state index in [4.69, 9.17) is 14.1 Å². The van der Waals surface area contributed by atoms with Gasteiger partial charge in [0.25, 0.3) is 0 Å². The van der Waals surface area contributed by atoms with Gasteiger partial charge in [-0.3, -0.25) is 0 Å². The van der Waals surface area contributed by atoms with E-state index in [-0.39, 0.29) is 0 Å². The summed E-state index contributed by atoms with van der Waals surface area (Å²) in [6.07, 6.45) is 24.4. The van der Waals surface area contributed by atoms with Crippen LogP contribution in [0.2, 0.25) is 0 Å². The summed E-state index contributed by atoms with van der Waals surface area (Å²) in [6.45, 7) is 4.17. The van der Waals surface area contributed by atoms with E-state index in [2.05, 4.69) is 28.1 Å². The van der Waals surface area contributed by atoms with Gasteiger partial charge < -0.3 is 4.48 Å². The van der Waals surface area contributed by atoms with Crippen LogP contribution in [0.4, 0.5) is 0 Å². The number of unbranched alkanes of at least 4 members (excludes halogenated alkanes) is 15. The van der Waals surface area contributed by atoms with Crippen molar-refractivity contribution in [2.75, 3.05) is 52.4 Å². The Labute approximate surface area is 217 Å². The molecule has 0 aromatic carbocycles. The van der Waals surface area contributed by atoms with Gasteiger partial charge in [-0.15, -0.1) is 4.52 Å². The molecule has 1 atom stereocenters. The Morgan fingerprint density at radius 2 is 1.09 bits per heavy atom. The van der Waals surface area contributed by atoms with Crippen LogP contribution in [0.25, 0.3) is 0 Å². The molecule has 0 aromatic heterocycles. The van der Waals surface area contributed by atoms with Crippen molar-refractivity contribution < 1.29 is 23.1 Å². The number of hydrogen-bond acceptors (Lipinski definition) is 5. The fraction of sp³-hybridized carbons (Fsp3) is 1.00. The number of quaternary nitrogens is 1. The lowest BCUT2D eigenvalue weighted by Crippen LogP contribution is -2.35. The second-order valence-corrected chi connectivity index (χ2v) is 12.7. The van der Waals surface area contributed by atoms with Crippen molar-refractivity contribution in [3.8, 4) is 0 Å². The molecule has 0 heterocycles. The molecule has 5 nitrogen and oxygen atoms in total. The van der Waals surface area contributed by atoms with Gasteiger partial charge in [0.2, 0.25) is 0 Å². The van der Waals surface area contributed by atoms with Gasteiger partial charge in [0.05, 0.1) is 39.0 Å². The maximum atomic E-state index is 11.6. The minimum absolute atomic E-state index is 0.440. The molecule has 0 bridgehead atoms. The third-order valence-corrected chi connectivity index (χ3v) is 7.72. The molecule has 0 N–H and O–H groups in total. The maximum Gasteiger partial charge on any atom is 0.728 e. The molecule has 0 radical (unpaired) electrons. The highest BCUT2D eigenvalue weighted by Crippen LogP contribution is 2.24. The summed E-state index contributed by atoms with van der Waals surface area (Å²) < 4.78 is 22.4. The smallest absolute Gasteiger partial charge is 0.331 e. The summed E-state index contributed by atoms with van der Waals surface area (Å²) in [5, 5.41) is 0. The van der Waals surface area contributed by atoms with Gasteiger partial charge in [0.15, 0.2) is 0 Å². The van der Waals surface area contributed by atoms with Crippen molar-refractivity contribution in [2.45, 2.75) is 122 Å². The molecule has 0 amide bonds. The van der Waals surface area contributed by atoms with Crippen LogP contribution in [-0.4, -0.2) is 56.9 Å². The average molecular weight is 524 g/mol. The van der Waals surface area contributed by atoms with Gasteiger partial charge in [0, 0.05) is 11.0 Å². The second kappa shape index (κ2) is 26.4. The standard InChI is InChI=1S/C27H58NO4PS/c1-5-6-7-8-9-10-11-12-13-14-15-16-17-18-19-20-26-34-27-22-25-31-33(29)32-30-24-21-23-28(2,3)4/h5-27H2,1-4H3/q+2. The topological polar surface area (TPSA) is 44.8 Å². The van der Waals surface area contributed by atoms with Crippen LogP contribution in [0.5, 0.6) is 0 Å². The number of rotatable bonds is 28. The van der Waals surface area contributed by atoms with Crippen LogP contribution >= 0.6 is 20.0 Å². The second-order valence-electron chi connectivity index (χ2n) is 10.6. The SMILES string of the molecule is CCCCCCCCCCCCCCCCCCSCCCO[P+](=O)OOCCC[N+](C)(C)C. The third-order valence-electron chi connectivity index (χ3n) is 5.94. The van der Waals surface area contributed by atoms with Crippen LogP contribution in [0.3, 0.4) is 0 Å². The van der Waals surface area contributed by atoms with Gasteiger partial charge in [-0.2, -0.15) is 16.6 Å². The fourth-order valence-corrected chi connectivity index (χ4v) is 5.27. The summed E-state index contributed by atoms with van der Waals surface area (Å²) in [6, 6.07) is 0. The van der Waals surface area contributed by atoms with Crippen LogP contribution in [-0.2, 0) is 18.7 Å². The van der Waals surface area contributed by atoms with Crippen LogP contribution < -0.4 is 0 Å². The van der Waals surface area contributed by atoms with Crippen molar-refractivity contribution >= 4 is 20.0 Å². The zero-order chi connectivity index (χ0) is 25.2. The van der Waals surface area contributed by atoms with Gasteiger partial charge in [-0.1, -0.05) is 103 Å². The molecule has 0 fully saturated rings. The minimum atomic E-state index is -2.16. The Balaban J connectivity index is 3.14. The van der Waals surface area contributed by atoms with E-state index >= 15 is 0 Å². The monoisotopic (exact) mass is 523 g/mol. The molecule has 0 aliphatic rings. The van der Waals surface area contributed by atoms with E-state index in [1.54, 1.807) is 0 Å². The molecule has 0 saturated carbocycles. The lowest BCUT2D eigenvalue weighted by molar-refractivity contribution is -0.870. The van der Waals surface area contributed by atoms with Crippen LogP contribution in [0.15, 0.2) is 0 Å². The lowest BCUT2D eigenvalue weighted by Gasteiger charge is -2.23. The molecule has 0 aromatic rings. The van der Waals surface area contributed by atoms with E-state index in [1.165, 1.54) is 108 Å². The first-order valence-corrected chi connectivity index (χ1v) is 16.5.